The first kappa shape index (κ1) is 30.9. The van der Waals surface area contributed by atoms with Gasteiger partial charge in [0.05, 0.1) is 12.1 Å². The summed E-state index contributed by atoms with van der Waals surface area (Å²) in [5, 5.41) is 16.8. The second-order valence-corrected chi connectivity index (χ2v) is 10.9. The quantitative estimate of drug-likeness (QED) is 0.249. The molecule has 44 heavy (non-hydrogen) atoms. The lowest BCUT2D eigenvalue weighted by atomic mass is 9.79. The SMILES string of the molecule is Cc1cccc2c(N3CCOC(c4ccc(F)cc4)C3)nc(NC3CCC4(CC3)NC(=O)NC4=O)nc12.O=C(O)C(F)(F)F. The molecule has 1 unspecified atom stereocenters. The number of urea groups is 1. The summed E-state index contributed by atoms with van der Waals surface area (Å²) in [6, 6.07) is 12.2. The van der Waals surface area contributed by atoms with E-state index in [1.54, 1.807) is 12.1 Å². The van der Waals surface area contributed by atoms with Crippen molar-refractivity contribution in [2.24, 2.45) is 0 Å². The van der Waals surface area contributed by atoms with E-state index < -0.39 is 23.7 Å². The molecular formula is C29H30F4N6O5. The fraction of sp³-hybridized carbons (Fsp3) is 0.414. The lowest BCUT2D eigenvalue weighted by Crippen LogP contribution is -2.51. The Kier molecular flexibility index (Phi) is 8.59. The van der Waals surface area contributed by atoms with Crippen LogP contribution in [0.4, 0.5) is 34.1 Å². The monoisotopic (exact) mass is 618 g/mol. The molecule has 3 amide bonds. The largest absolute Gasteiger partial charge is 0.490 e. The number of anilines is 2. The number of halogens is 4. The highest BCUT2D eigenvalue weighted by Crippen LogP contribution is 2.34. The van der Waals surface area contributed by atoms with Gasteiger partial charge in [0.2, 0.25) is 5.95 Å². The standard InChI is InChI=1S/C27H29FN6O3.C2HF3O2/c1-16-3-2-4-20-22(16)30-25(29-19-9-11-27(12-10-19)24(35)32-26(36)33-27)31-23(20)34-13-14-37-21(15-34)17-5-7-18(28)8-6-17;3-2(4,5)1(6)7/h2-8,19,21H,9-15H2,1H3,(H,29,30,31)(H2,32,33,35,36);(H,6,7). The summed E-state index contributed by atoms with van der Waals surface area (Å²) in [5.74, 6) is -1.89. The van der Waals surface area contributed by atoms with Gasteiger partial charge in [-0.2, -0.15) is 18.2 Å². The molecule has 234 valence electrons. The third-order valence-electron chi connectivity index (χ3n) is 7.95. The molecule has 0 radical (unpaired) electrons. The maximum absolute atomic E-state index is 13.5. The molecule has 3 fully saturated rings. The number of aryl methyl sites for hydroxylation is 1. The van der Waals surface area contributed by atoms with E-state index >= 15 is 0 Å². The minimum Gasteiger partial charge on any atom is -0.475 e. The van der Waals surface area contributed by atoms with E-state index in [2.05, 4.69) is 20.9 Å². The lowest BCUT2D eigenvalue weighted by molar-refractivity contribution is -0.192. The first-order valence-electron chi connectivity index (χ1n) is 13.9. The van der Waals surface area contributed by atoms with E-state index in [1.165, 1.54) is 12.1 Å². The Morgan fingerprint density at radius 3 is 2.41 bits per heavy atom. The molecule has 11 nitrogen and oxygen atoms in total. The number of aromatic nitrogens is 2. The number of carboxylic acids is 1. The second kappa shape index (κ2) is 12.2. The maximum atomic E-state index is 13.5. The maximum Gasteiger partial charge on any atom is 0.490 e. The number of carbonyl (C=O) groups is 3. The Labute approximate surface area is 249 Å². The highest BCUT2D eigenvalue weighted by atomic mass is 19.4. The van der Waals surface area contributed by atoms with Gasteiger partial charge in [-0.25, -0.2) is 19.0 Å². The van der Waals surface area contributed by atoms with Crippen LogP contribution in [0, 0.1) is 12.7 Å². The third-order valence-corrected chi connectivity index (χ3v) is 7.95. The zero-order valence-corrected chi connectivity index (χ0v) is 23.6. The average molecular weight is 619 g/mol. The minimum absolute atomic E-state index is 0.0851. The van der Waals surface area contributed by atoms with E-state index in [4.69, 9.17) is 24.6 Å². The molecule has 1 aromatic heterocycles. The highest BCUT2D eigenvalue weighted by Gasteiger charge is 2.48. The molecule has 1 spiro atoms. The summed E-state index contributed by atoms with van der Waals surface area (Å²) in [6.45, 7) is 3.83. The summed E-state index contributed by atoms with van der Waals surface area (Å²) in [4.78, 5) is 44.9. The van der Waals surface area contributed by atoms with Crippen molar-refractivity contribution in [3.05, 3.63) is 59.4 Å². The van der Waals surface area contributed by atoms with Crippen molar-refractivity contribution in [1.82, 2.24) is 20.6 Å². The van der Waals surface area contributed by atoms with E-state index in [0.29, 0.717) is 51.3 Å². The van der Waals surface area contributed by atoms with Crippen molar-refractivity contribution in [2.45, 2.75) is 56.5 Å². The van der Waals surface area contributed by atoms with E-state index in [0.717, 1.165) is 27.8 Å². The first-order chi connectivity index (χ1) is 20.8. The van der Waals surface area contributed by atoms with Crippen LogP contribution in [0.5, 0.6) is 0 Å². The number of imide groups is 1. The molecule has 2 aromatic carbocycles. The number of alkyl halides is 3. The molecule has 1 aliphatic carbocycles. The molecule has 3 heterocycles. The lowest BCUT2D eigenvalue weighted by Gasteiger charge is -2.36. The number of carbonyl (C=O) groups excluding carboxylic acids is 2. The zero-order valence-electron chi connectivity index (χ0n) is 23.6. The van der Waals surface area contributed by atoms with Gasteiger partial charge in [-0.3, -0.25) is 10.1 Å². The Hall–Kier alpha value is -4.53. The van der Waals surface area contributed by atoms with Crippen LogP contribution in [0.3, 0.4) is 0 Å². The van der Waals surface area contributed by atoms with E-state index in [9.17, 15) is 27.2 Å². The molecule has 6 rings (SSSR count). The normalized spacial score (nSPS) is 23.5. The predicted molar refractivity (Wildman–Crippen MR) is 151 cm³/mol. The van der Waals surface area contributed by atoms with E-state index in [-0.39, 0.29) is 23.9 Å². The fourth-order valence-corrected chi connectivity index (χ4v) is 5.62. The van der Waals surface area contributed by atoms with Gasteiger partial charge >= 0.3 is 18.2 Å². The van der Waals surface area contributed by atoms with Crippen molar-refractivity contribution >= 4 is 40.6 Å². The molecule has 3 aliphatic rings. The molecule has 3 aromatic rings. The van der Waals surface area contributed by atoms with E-state index in [1.807, 2.05) is 25.1 Å². The number of ether oxygens (including phenoxy) is 1. The van der Waals surface area contributed by atoms with Crippen LogP contribution in [0.25, 0.3) is 10.9 Å². The second-order valence-electron chi connectivity index (χ2n) is 10.9. The fourth-order valence-electron chi connectivity index (χ4n) is 5.62. The Balaban J connectivity index is 0.000000493. The first-order valence-corrected chi connectivity index (χ1v) is 13.9. The van der Waals surface area contributed by atoms with Crippen LogP contribution in [0.15, 0.2) is 42.5 Å². The van der Waals surface area contributed by atoms with Crippen LogP contribution in [0.2, 0.25) is 0 Å². The van der Waals surface area contributed by atoms with Crippen molar-refractivity contribution in [3.8, 4) is 0 Å². The number of amides is 3. The molecule has 0 bridgehead atoms. The number of hydrogen-bond donors (Lipinski definition) is 4. The van der Waals surface area contributed by atoms with Crippen molar-refractivity contribution < 1.29 is 41.8 Å². The van der Waals surface area contributed by atoms with Crippen LogP contribution in [0.1, 0.15) is 42.9 Å². The summed E-state index contributed by atoms with van der Waals surface area (Å²) in [5.41, 5.74) is 2.07. The third kappa shape index (κ3) is 6.67. The average Bonchev–Trinajstić information content (AvgIpc) is 3.26. The molecule has 4 N–H and O–H groups in total. The Morgan fingerprint density at radius 2 is 1.80 bits per heavy atom. The van der Waals surface area contributed by atoms with Gasteiger partial charge in [-0.15, -0.1) is 0 Å². The van der Waals surface area contributed by atoms with Crippen molar-refractivity contribution in [2.75, 3.05) is 29.9 Å². The summed E-state index contributed by atoms with van der Waals surface area (Å²) in [7, 11) is 0. The highest BCUT2D eigenvalue weighted by molar-refractivity contribution is 6.07. The van der Waals surface area contributed by atoms with Crippen LogP contribution in [-0.4, -0.2) is 70.4 Å². The number of fused-ring (bicyclic) bond motifs is 1. The van der Waals surface area contributed by atoms with Crippen LogP contribution < -0.4 is 20.9 Å². The number of morpholine rings is 1. The molecule has 1 saturated carbocycles. The smallest absolute Gasteiger partial charge is 0.475 e. The number of para-hydroxylation sites is 1. The topological polar surface area (TPSA) is 146 Å². The minimum atomic E-state index is -5.08. The Morgan fingerprint density at radius 1 is 1.11 bits per heavy atom. The van der Waals surface area contributed by atoms with Crippen molar-refractivity contribution in [3.63, 3.8) is 0 Å². The van der Waals surface area contributed by atoms with Gasteiger partial charge in [0.15, 0.2) is 0 Å². The number of hydrogen-bond acceptors (Lipinski definition) is 8. The molecule has 2 saturated heterocycles. The predicted octanol–water partition coefficient (Wildman–Crippen LogP) is 4.22. The summed E-state index contributed by atoms with van der Waals surface area (Å²) < 4.78 is 51.2. The van der Waals surface area contributed by atoms with Crippen LogP contribution >= 0.6 is 0 Å². The summed E-state index contributed by atoms with van der Waals surface area (Å²) in [6.07, 6.45) is -2.73. The molecule has 15 heteroatoms. The van der Waals surface area contributed by atoms with Gasteiger partial charge < -0.3 is 25.4 Å². The molecule has 1 atom stereocenters. The van der Waals surface area contributed by atoms with Gasteiger partial charge in [0.25, 0.3) is 5.91 Å². The Bertz CT molecular complexity index is 1560. The molecule has 2 aliphatic heterocycles. The number of rotatable bonds is 4. The number of nitrogens with one attached hydrogen (secondary N) is 3. The van der Waals surface area contributed by atoms with Crippen molar-refractivity contribution in [1.29, 1.82) is 0 Å². The number of carboxylic acid groups (broad SMARTS) is 1. The zero-order chi connectivity index (χ0) is 31.6. The number of benzene rings is 2. The van der Waals surface area contributed by atoms with Gasteiger partial charge in [0.1, 0.15) is 23.3 Å². The number of aliphatic carboxylic acids is 1. The van der Waals surface area contributed by atoms with Gasteiger partial charge in [0, 0.05) is 24.5 Å². The molecular weight excluding hydrogens is 588 g/mol. The number of nitrogens with zero attached hydrogens (tertiary/aromatic N) is 3. The van der Waals surface area contributed by atoms with Gasteiger partial charge in [-0.1, -0.05) is 24.3 Å². The van der Waals surface area contributed by atoms with Gasteiger partial charge in [-0.05, 0) is 61.9 Å². The summed E-state index contributed by atoms with van der Waals surface area (Å²) >= 11 is 0. The van der Waals surface area contributed by atoms with Crippen LogP contribution in [-0.2, 0) is 14.3 Å².